The Kier molecular flexibility index (Phi) is 138. The van der Waals surface area contributed by atoms with E-state index in [2.05, 4.69) is 0 Å². The molecule has 0 aromatic heterocycles. The Hall–Kier alpha value is -0.930. The Morgan fingerprint density at radius 3 is 0.320 bits per heavy atom. The topological polar surface area (TPSA) is 494 Å². The fourth-order valence-electron chi connectivity index (χ4n) is 4.69. The molecule has 0 aromatic rings. The van der Waals surface area contributed by atoms with Gasteiger partial charge in [-0.3, -0.25) is 33.6 Å². The third-order valence-corrected chi connectivity index (χ3v) is 14.2. The minimum Gasteiger partial charge on any atom is -0.511 e. The molecule has 3 atom stereocenters. The zero-order chi connectivity index (χ0) is 99.0. The number of carbonyl (C=O) groups excluding carboxylic acids is 7. The molecule has 24 N–H and O–H groups in total. The van der Waals surface area contributed by atoms with Crippen molar-refractivity contribution in [3.05, 3.63) is 82.8 Å². The molecule has 0 aromatic carbocycles. The van der Waals surface area contributed by atoms with Gasteiger partial charge in [0.25, 0.3) is 0 Å². The molecule has 0 saturated carbocycles. The molecule has 0 fully saturated rings. The molecule has 0 rings (SSSR count). The van der Waals surface area contributed by atoms with Gasteiger partial charge in [0.05, 0.1) is 98.7 Å². The van der Waals surface area contributed by atoms with Gasteiger partial charge in [-0.25, -0.2) is 0 Å². The summed E-state index contributed by atoms with van der Waals surface area (Å²) in [5.41, 5.74) is -4.29. The number of hydrogen-bond donors (Lipinski definition) is 17. The molecule has 24 nitrogen and oxygen atoms in total. The van der Waals surface area contributed by atoms with Crippen LogP contribution in [0.15, 0.2) is 82.8 Å². The summed E-state index contributed by atoms with van der Waals surface area (Å²) in [7, 11) is 4.00. The second-order valence-corrected chi connectivity index (χ2v) is 42.0. The summed E-state index contributed by atoms with van der Waals surface area (Å²) in [6.45, 7) is 84.9. The SMILES string of the molecule is C.C.C.C.CC(C)(C)C(=[OH+])C=C(O)C(C)(C)C.CC(C)(C)C(=[OH+])C=C(O)C(C)(C)C.CC(C)(C)C(=[OH+])C=C(O)C(C)(C)C.CC(C)(C)C(=[OH+])C=C(O)C(C)(C)C.CC(C)(C)C(=[OH+])C=C(O)C(C)(C)C.CC(C)(C)C(=[OH+])C=C(O)C(C)(C)C.CC(C)(C)C(=[OH+])C=C(O)C(C)(C)C.CC(O)CC(C)O.CC(O)CCO.CO.CO.CO.CO.OCCCO.[Ti].[Ti].[Ti].[Ti].[Ti].[Ti].[Ti]. The largest absolute Gasteiger partial charge is 0.511 e. The molecule has 3 unspecified atom stereocenters. The molecule has 0 saturated heterocycles. The average Bonchev–Trinajstić information content (AvgIpc) is 0.907. The number of allylic oxidation sites excluding steroid dienone is 14. The summed E-state index contributed by atoms with van der Waals surface area (Å²) < 4.78 is 0. The summed E-state index contributed by atoms with van der Waals surface area (Å²) in [4.78, 5) is 67.2. The molecule has 0 bridgehead atoms. The maximum atomic E-state index is 9.60. The molecule has 0 radical (unpaired) electrons. The first kappa shape index (κ1) is 194. The van der Waals surface area contributed by atoms with Crippen LogP contribution in [0.2, 0.25) is 0 Å². The van der Waals surface area contributed by atoms with Gasteiger partial charge in [-0.1, -0.05) is 175 Å². The van der Waals surface area contributed by atoms with Crippen LogP contribution in [0.25, 0.3) is 0 Å². The van der Waals surface area contributed by atoms with Crippen LogP contribution < -0.4 is 0 Å². The minimum absolute atomic E-state index is 0. The second-order valence-electron chi connectivity index (χ2n) is 42.0. The summed E-state index contributed by atoms with van der Waals surface area (Å²) in [6.07, 6.45) is 10.5. The first-order valence-electron chi connectivity index (χ1n) is 39.6. The van der Waals surface area contributed by atoms with E-state index >= 15 is 0 Å². The van der Waals surface area contributed by atoms with Gasteiger partial charge in [0, 0.05) is 238 Å². The van der Waals surface area contributed by atoms with E-state index in [0.29, 0.717) is 19.3 Å². The fraction of sp³-hybridized carbons (Fsp3) is 0.784. The van der Waals surface area contributed by atoms with E-state index in [1.807, 2.05) is 291 Å². The molecular weight excluding hydrogens is 1880 g/mol. The predicted octanol–water partition coefficient (Wildman–Crippen LogP) is 21.7. The molecule has 762 valence electrons. The van der Waals surface area contributed by atoms with Crippen molar-refractivity contribution >= 4 is 40.5 Å². The van der Waals surface area contributed by atoms with Gasteiger partial charge in [-0.05, 0) is 185 Å². The van der Waals surface area contributed by atoms with Crippen LogP contribution in [0.1, 0.15) is 361 Å². The maximum absolute atomic E-state index is 9.60. The van der Waals surface area contributed by atoms with Gasteiger partial charge in [-0.15, -0.1) is 0 Å². The van der Waals surface area contributed by atoms with E-state index in [1.165, 1.54) is 42.5 Å². The van der Waals surface area contributed by atoms with Gasteiger partial charge < -0.3 is 86.8 Å². The molecular formula is C97H209O24Ti7+7. The third-order valence-electron chi connectivity index (χ3n) is 14.2. The number of aliphatic hydroxyl groups excluding tert-OH is 17. The second kappa shape index (κ2) is 91.2. The number of aliphatic hydroxyl groups is 17. The standard InChI is InChI=1S/7C11H20O2.C5H12O2.C4H10O2.C3H8O2.4CH4O.4CH4.7Ti/c7*1-10(2,3)8(12)7-9(13)11(4,5)6;1-4(6)3-5(2)7;1-4(6)2-3-5;4-2-1-3-5;4*1-2;;;;;;;;;;;/h7*7,12H,1-6H3;4-7H,3H2,1-2H3;4-6H,2-3H2,1H3;4-5H,1-3H2;4*2H,1H3;4*1H4;;;;;;;/p+7. The van der Waals surface area contributed by atoms with Crippen molar-refractivity contribution in [1.29, 1.82) is 0 Å². The van der Waals surface area contributed by atoms with Crippen LogP contribution >= 0.6 is 0 Å². The van der Waals surface area contributed by atoms with Gasteiger partial charge >= 0.3 is 40.5 Å². The zero-order valence-corrected chi connectivity index (χ0v) is 98.2. The monoisotopic (exact) mass is 2090 g/mol. The van der Waals surface area contributed by atoms with Gasteiger partial charge in [0.1, 0.15) is 40.3 Å². The Morgan fingerprint density at radius 1 is 0.203 bits per heavy atom. The van der Waals surface area contributed by atoms with Crippen molar-refractivity contribution in [2.45, 2.75) is 379 Å². The van der Waals surface area contributed by atoms with Crippen LogP contribution in [0, 0.1) is 75.8 Å². The Balaban J connectivity index is -0.0000000396. The van der Waals surface area contributed by atoms with Gasteiger partial charge in [-0.2, -0.15) is 0 Å². The molecule has 0 spiro atoms. The predicted molar refractivity (Wildman–Crippen MR) is 526 cm³/mol. The summed E-state index contributed by atoms with van der Waals surface area (Å²) in [5.74, 6) is 2.92. The van der Waals surface area contributed by atoms with Crippen LogP contribution in [-0.2, 0) is 152 Å². The molecule has 31 heteroatoms. The van der Waals surface area contributed by atoms with Gasteiger partial charge in [0.15, 0.2) is 0 Å². The van der Waals surface area contributed by atoms with Crippen LogP contribution in [0.3, 0.4) is 0 Å². The minimum atomic E-state index is -0.375. The van der Waals surface area contributed by atoms with Crippen LogP contribution in [0.5, 0.6) is 0 Å². The van der Waals surface area contributed by atoms with Gasteiger partial charge in [0.2, 0.25) is 0 Å². The molecule has 0 aliphatic heterocycles. The van der Waals surface area contributed by atoms with Crippen LogP contribution in [0.4, 0.5) is 0 Å². The van der Waals surface area contributed by atoms with E-state index in [9.17, 15) is 69.3 Å². The normalized spacial score (nSPS) is 12.5. The number of hydrogen-bond acceptors (Lipinski definition) is 17. The Morgan fingerprint density at radius 2 is 0.297 bits per heavy atom. The molecule has 0 aliphatic rings. The molecule has 128 heavy (non-hydrogen) atoms. The number of rotatable bonds is 13. The summed E-state index contributed by atoms with van der Waals surface area (Å²) in [5, 5.41) is 145. The van der Waals surface area contributed by atoms with Crippen LogP contribution in [-0.4, -0.2) is 227 Å². The third kappa shape index (κ3) is 134. The van der Waals surface area contributed by atoms with Crippen molar-refractivity contribution in [1.82, 2.24) is 0 Å². The quantitative estimate of drug-likeness (QED) is 0.0352. The van der Waals surface area contributed by atoms with E-state index in [4.69, 9.17) is 51.1 Å². The Bertz CT molecular complexity index is 2400. The van der Waals surface area contributed by atoms with E-state index in [-0.39, 0.29) is 376 Å². The van der Waals surface area contributed by atoms with Crippen molar-refractivity contribution in [2.24, 2.45) is 75.8 Å². The number of ketones is 7. The maximum Gasteiger partial charge on any atom is 0.325 e. The van der Waals surface area contributed by atoms with E-state index in [0.717, 1.165) is 28.4 Å². The van der Waals surface area contributed by atoms with Crippen molar-refractivity contribution in [3.63, 3.8) is 0 Å². The van der Waals surface area contributed by atoms with Crippen molar-refractivity contribution < 1.29 is 272 Å². The zero-order valence-electron chi connectivity index (χ0n) is 87.2. The molecule has 0 amide bonds. The average molecular weight is 2090 g/mol. The smallest absolute Gasteiger partial charge is 0.325 e. The van der Waals surface area contributed by atoms with Crippen molar-refractivity contribution in [3.8, 4) is 0 Å². The van der Waals surface area contributed by atoms with E-state index in [1.54, 1.807) is 20.8 Å². The fourth-order valence-corrected chi connectivity index (χ4v) is 4.69. The Labute approximate surface area is 890 Å². The molecule has 0 aliphatic carbocycles. The van der Waals surface area contributed by atoms with E-state index < -0.39 is 0 Å². The summed E-state index contributed by atoms with van der Waals surface area (Å²) in [6, 6.07) is 0. The summed E-state index contributed by atoms with van der Waals surface area (Å²) >= 11 is 0. The van der Waals surface area contributed by atoms with Crippen molar-refractivity contribution in [2.75, 3.05) is 48.3 Å². The first-order valence-corrected chi connectivity index (χ1v) is 39.6. The first-order chi connectivity index (χ1) is 51.1. The molecule has 0 heterocycles.